The summed E-state index contributed by atoms with van der Waals surface area (Å²) >= 11 is 0. The Hall–Kier alpha value is -3.08. The minimum atomic E-state index is 0.0781. The molecule has 2 aliphatic rings. The zero-order chi connectivity index (χ0) is 23.8. The van der Waals surface area contributed by atoms with Crippen LogP contribution in [0.25, 0.3) is 10.9 Å². The number of nitrogens with zero attached hydrogens (tertiary/aromatic N) is 4. The smallest absolute Gasteiger partial charge is 0.272 e. The first-order chi connectivity index (χ1) is 16.4. The molecule has 0 bridgehead atoms. The lowest BCUT2D eigenvalue weighted by Crippen LogP contribution is -2.37. The SMILES string of the molecule is CC(C)=CCn1c(C)c(C)c2cc(C(=O)N3CCCCC3)nc(N3CCc4ccccc4C3)c21. The van der Waals surface area contributed by atoms with Gasteiger partial charge in [-0.25, -0.2) is 4.98 Å². The van der Waals surface area contributed by atoms with Crippen LogP contribution in [0.4, 0.5) is 5.82 Å². The number of carbonyl (C=O) groups is 1. The van der Waals surface area contributed by atoms with Crippen molar-refractivity contribution in [3.8, 4) is 0 Å². The number of aryl methyl sites for hydroxylation is 1. The van der Waals surface area contributed by atoms with Crippen molar-refractivity contribution in [3.05, 3.63) is 70.1 Å². The molecule has 2 aliphatic heterocycles. The molecule has 5 rings (SSSR count). The van der Waals surface area contributed by atoms with Gasteiger partial charge in [-0.3, -0.25) is 4.79 Å². The van der Waals surface area contributed by atoms with Gasteiger partial charge < -0.3 is 14.4 Å². The lowest BCUT2D eigenvalue weighted by Gasteiger charge is -2.31. The Morgan fingerprint density at radius 2 is 1.76 bits per heavy atom. The van der Waals surface area contributed by atoms with Crippen LogP contribution < -0.4 is 4.90 Å². The summed E-state index contributed by atoms with van der Waals surface area (Å²) in [7, 11) is 0. The fourth-order valence-electron chi connectivity index (χ4n) is 5.41. The number of anilines is 1. The minimum Gasteiger partial charge on any atom is -0.350 e. The molecule has 5 heteroatoms. The third-order valence-electron chi connectivity index (χ3n) is 7.57. The molecule has 1 fully saturated rings. The van der Waals surface area contributed by atoms with Crippen molar-refractivity contribution < 1.29 is 4.79 Å². The highest BCUT2D eigenvalue weighted by Gasteiger charge is 2.27. The second-order valence-electron chi connectivity index (χ2n) is 10.1. The highest BCUT2D eigenvalue weighted by atomic mass is 16.2. The van der Waals surface area contributed by atoms with Gasteiger partial charge >= 0.3 is 0 Å². The molecule has 5 nitrogen and oxygen atoms in total. The average Bonchev–Trinajstić information content (AvgIpc) is 3.11. The molecule has 0 atom stereocenters. The van der Waals surface area contributed by atoms with E-state index in [2.05, 4.69) is 73.6 Å². The van der Waals surface area contributed by atoms with E-state index in [4.69, 9.17) is 4.98 Å². The predicted octanol–water partition coefficient (Wildman–Crippen LogP) is 5.81. The van der Waals surface area contributed by atoms with Crippen molar-refractivity contribution >= 4 is 22.6 Å². The number of fused-ring (bicyclic) bond motifs is 2. The molecule has 0 radical (unpaired) electrons. The maximum Gasteiger partial charge on any atom is 0.272 e. The zero-order valence-electron chi connectivity index (χ0n) is 21.0. The van der Waals surface area contributed by atoms with E-state index in [0.717, 1.165) is 68.7 Å². The molecule has 34 heavy (non-hydrogen) atoms. The van der Waals surface area contributed by atoms with Crippen LogP contribution in [0.3, 0.4) is 0 Å². The van der Waals surface area contributed by atoms with Crippen molar-refractivity contribution in [2.45, 2.75) is 66.5 Å². The average molecular weight is 457 g/mol. The molecule has 3 aromatic rings. The maximum absolute atomic E-state index is 13.5. The van der Waals surface area contributed by atoms with Gasteiger partial charge in [0.2, 0.25) is 0 Å². The number of amides is 1. The van der Waals surface area contributed by atoms with Gasteiger partial charge in [0.25, 0.3) is 5.91 Å². The van der Waals surface area contributed by atoms with Gasteiger partial charge in [0.05, 0.1) is 5.52 Å². The molecule has 0 aliphatic carbocycles. The van der Waals surface area contributed by atoms with Gasteiger partial charge in [0.15, 0.2) is 5.82 Å². The summed E-state index contributed by atoms with van der Waals surface area (Å²) in [5.74, 6) is 1.03. The van der Waals surface area contributed by atoms with E-state index in [-0.39, 0.29) is 5.91 Å². The highest BCUT2D eigenvalue weighted by molar-refractivity contribution is 6.01. The number of piperidine rings is 1. The number of hydrogen-bond donors (Lipinski definition) is 0. The number of likely N-dealkylation sites (tertiary alicyclic amines) is 1. The van der Waals surface area contributed by atoms with Crippen LogP contribution >= 0.6 is 0 Å². The van der Waals surface area contributed by atoms with Crippen LogP contribution in [0.1, 0.15) is 66.0 Å². The summed E-state index contributed by atoms with van der Waals surface area (Å²) in [4.78, 5) is 23.0. The fraction of sp³-hybridized carbons (Fsp3) is 0.448. The van der Waals surface area contributed by atoms with Gasteiger partial charge in [-0.15, -0.1) is 0 Å². The van der Waals surface area contributed by atoms with E-state index in [1.54, 1.807) is 0 Å². The van der Waals surface area contributed by atoms with Gasteiger partial charge in [0, 0.05) is 43.8 Å². The molecule has 4 heterocycles. The Kier molecular flexibility index (Phi) is 6.20. The summed E-state index contributed by atoms with van der Waals surface area (Å²) < 4.78 is 2.38. The third-order valence-corrected chi connectivity index (χ3v) is 7.57. The Morgan fingerprint density at radius 3 is 2.50 bits per heavy atom. The fourth-order valence-corrected chi connectivity index (χ4v) is 5.41. The largest absolute Gasteiger partial charge is 0.350 e. The van der Waals surface area contributed by atoms with Gasteiger partial charge in [-0.2, -0.15) is 0 Å². The molecule has 0 unspecified atom stereocenters. The van der Waals surface area contributed by atoms with Gasteiger partial charge in [-0.1, -0.05) is 35.9 Å². The van der Waals surface area contributed by atoms with Crippen LogP contribution in [-0.4, -0.2) is 40.0 Å². The number of aromatic nitrogens is 2. The van der Waals surface area contributed by atoms with Crippen molar-refractivity contribution in [2.75, 3.05) is 24.5 Å². The van der Waals surface area contributed by atoms with E-state index in [1.165, 1.54) is 34.4 Å². The summed E-state index contributed by atoms with van der Waals surface area (Å²) in [6, 6.07) is 10.8. The van der Waals surface area contributed by atoms with Crippen molar-refractivity contribution in [2.24, 2.45) is 0 Å². The maximum atomic E-state index is 13.5. The van der Waals surface area contributed by atoms with E-state index in [1.807, 2.05) is 4.90 Å². The molecule has 2 aromatic heterocycles. The first kappa shape index (κ1) is 22.7. The minimum absolute atomic E-state index is 0.0781. The molecule has 1 amide bonds. The van der Waals surface area contributed by atoms with Gasteiger partial charge in [-0.05, 0) is 76.1 Å². The predicted molar refractivity (Wildman–Crippen MR) is 140 cm³/mol. The van der Waals surface area contributed by atoms with Crippen LogP contribution in [0.2, 0.25) is 0 Å². The van der Waals surface area contributed by atoms with E-state index in [9.17, 15) is 4.79 Å². The van der Waals surface area contributed by atoms with E-state index >= 15 is 0 Å². The number of carbonyl (C=O) groups excluding carboxylic acids is 1. The first-order valence-electron chi connectivity index (χ1n) is 12.7. The Bertz CT molecular complexity index is 1260. The van der Waals surface area contributed by atoms with Crippen LogP contribution in [0.15, 0.2) is 42.0 Å². The molecule has 1 aromatic carbocycles. The van der Waals surface area contributed by atoms with Crippen LogP contribution in [-0.2, 0) is 19.5 Å². The molecule has 0 N–H and O–H groups in total. The van der Waals surface area contributed by atoms with Crippen LogP contribution in [0, 0.1) is 13.8 Å². The Balaban J connectivity index is 1.66. The van der Waals surface area contributed by atoms with Crippen LogP contribution in [0.5, 0.6) is 0 Å². The second-order valence-corrected chi connectivity index (χ2v) is 10.1. The number of rotatable bonds is 4. The summed E-state index contributed by atoms with van der Waals surface area (Å²) in [5.41, 5.74) is 8.31. The van der Waals surface area contributed by atoms with Gasteiger partial charge in [0.1, 0.15) is 5.69 Å². The topological polar surface area (TPSA) is 41.4 Å². The number of allylic oxidation sites excluding steroid dienone is 2. The zero-order valence-corrected chi connectivity index (χ0v) is 21.0. The molecule has 0 spiro atoms. The quantitative estimate of drug-likeness (QED) is 0.465. The van der Waals surface area contributed by atoms with E-state index in [0.29, 0.717) is 5.69 Å². The standard InChI is InChI=1S/C29H36N4O/c1-20(2)12-17-33-22(4)21(3)25-18-26(29(34)31-14-8-5-9-15-31)30-28(27(25)33)32-16-13-23-10-6-7-11-24(23)19-32/h6-7,10-12,18H,5,8-9,13-17,19H2,1-4H3. The molecule has 1 saturated heterocycles. The molecule has 178 valence electrons. The monoisotopic (exact) mass is 456 g/mol. The van der Waals surface area contributed by atoms with Crippen molar-refractivity contribution in [1.29, 1.82) is 0 Å². The normalized spacial score (nSPS) is 16.0. The molecular formula is C29H36N4O. The number of pyridine rings is 1. The van der Waals surface area contributed by atoms with Crippen molar-refractivity contribution in [1.82, 2.24) is 14.5 Å². The summed E-state index contributed by atoms with van der Waals surface area (Å²) in [6.45, 7) is 12.9. The third kappa shape index (κ3) is 4.13. The summed E-state index contributed by atoms with van der Waals surface area (Å²) in [6.07, 6.45) is 6.65. The van der Waals surface area contributed by atoms with E-state index < -0.39 is 0 Å². The Labute approximate surface area is 203 Å². The lowest BCUT2D eigenvalue weighted by atomic mass is 9.99. The molecular weight excluding hydrogens is 420 g/mol. The second kappa shape index (κ2) is 9.28. The first-order valence-corrected chi connectivity index (χ1v) is 12.7. The Morgan fingerprint density at radius 1 is 1.03 bits per heavy atom. The lowest BCUT2D eigenvalue weighted by molar-refractivity contribution is 0.0718. The number of hydrogen-bond acceptors (Lipinski definition) is 3. The van der Waals surface area contributed by atoms with Crippen molar-refractivity contribution in [3.63, 3.8) is 0 Å². The summed E-state index contributed by atoms with van der Waals surface area (Å²) in [5, 5.41) is 1.16. The highest BCUT2D eigenvalue weighted by Crippen LogP contribution is 2.35. The molecule has 0 saturated carbocycles. The number of benzene rings is 1.